The van der Waals surface area contributed by atoms with Gasteiger partial charge in [0.05, 0.1) is 9.97 Å². The molecule has 2 aliphatic rings. The molecule has 2 atom stereocenters. The first kappa shape index (κ1) is 19.8. The summed E-state index contributed by atoms with van der Waals surface area (Å²) in [4.78, 5) is 52.1. The molecule has 9 nitrogen and oxygen atoms in total. The number of hydrogen-bond donors (Lipinski definition) is 0. The number of thioether (sulfide) groups is 1. The number of nitrogens with zero attached hydrogens (tertiary/aromatic N) is 3. The summed E-state index contributed by atoms with van der Waals surface area (Å²) in [6, 6.07) is 14.4. The Morgan fingerprint density at radius 1 is 1.10 bits per heavy atom. The van der Waals surface area contributed by atoms with Gasteiger partial charge < -0.3 is 4.74 Å². The van der Waals surface area contributed by atoms with Gasteiger partial charge in [-0.2, -0.15) is 0 Å². The summed E-state index contributed by atoms with van der Waals surface area (Å²) in [5, 5.41) is 10.9. The van der Waals surface area contributed by atoms with Crippen LogP contribution in [-0.4, -0.2) is 44.1 Å². The van der Waals surface area contributed by atoms with Gasteiger partial charge in [-0.05, 0) is 23.3 Å². The molecule has 152 valence electrons. The van der Waals surface area contributed by atoms with Crippen LogP contribution in [0.15, 0.2) is 59.6 Å². The Labute approximate surface area is 174 Å². The largest absolute Gasteiger partial charge is 0.454 e. The van der Waals surface area contributed by atoms with Gasteiger partial charge in [0.15, 0.2) is 6.04 Å². The number of fused-ring (bicyclic) bond motifs is 1. The zero-order valence-electron chi connectivity index (χ0n) is 15.5. The van der Waals surface area contributed by atoms with E-state index in [0.717, 1.165) is 15.5 Å². The monoisotopic (exact) mass is 425 g/mol. The summed E-state index contributed by atoms with van der Waals surface area (Å²) in [6.07, 6.45) is 0.554. The van der Waals surface area contributed by atoms with Crippen molar-refractivity contribution < 1.29 is 24.0 Å². The highest BCUT2D eigenvalue weighted by atomic mass is 32.2. The molecule has 0 aromatic heterocycles. The molecular weight excluding hydrogens is 410 g/mol. The Kier molecular flexibility index (Phi) is 5.32. The summed E-state index contributed by atoms with van der Waals surface area (Å²) in [5.74, 6) is -2.71. The molecule has 0 aliphatic carbocycles. The number of ether oxygens (including phenoxy) is 1. The molecule has 2 aromatic carbocycles. The van der Waals surface area contributed by atoms with Crippen molar-refractivity contribution in [3.8, 4) is 0 Å². The van der Waals surface area contributed by atoms with E-state index in [1.54, 1.807) is 0 Å². The molecule has 0 spiro atoms. The summed E-state index contributed by atoms with van der Waals surface area (Å²) in [6.45, 7) is -0.235. The maximum atomic E-state index is 12.4. The van der Waals surface area contributed by atoms with Gasteiger partial charge in [-0.3, -0.25) is 29.6 Å². The number of β-lactam (4-membered cyclic amide) rings is 1. The lowest BCUT2D eigenvalue weighted by atomic mass is 10.1. The number of benzene rings is 2. The smallest absolute Gasteiger partial charge is 0.397 e. The number of carbonyl (C=O) groups is 3. The third-order valence-corrected chi connectivity index (χ3v) is 5.90. The van der Waals surface area contributed by atoms with Crippen molar-refractivity contribution in [1.82, 2.24) is 4.90 Å². The van der Waals surface area contributed by atoms with Crippen LogP contribution in [0.4, 0.5) is 5.69 Å². The van der Waals surface area contributed by atoms with E-state index < -0.39 is 34.1 Å². The summed E-state index contributed by atoms with van der Waals surface area (Å²) < 4.78 is 4.97. The Morgan fingerprint density at radius 2 is 1.80 bits per heavy atom. The number of nitro benzene ring substituents is 1. The number of likely N-dealkylation sites (tertiary alicyclic amines) is 1. The molecule has 2 heterocycles. The average molecular weight is 425 g/mol. The van der Waals surface area contributed by atoms with Crippen molar-refractivity contribution in [3.63, 3.8) is 0 Å². The summed E-state index contributed by atoms with van der Waals surface area (Å²) >= 11 is 1.29. The average Bonchev–Trinajstić information content (AvgIpc) is 3.11. The first-order valence-corrected chi connectivity index (χ1v) is 9.87. The van der Waals surface area contributed by atoms with Crippen LogP contribution in [0.3, 0.4) is 0 Å². The molecule has 1 saturated heterocycles. The minimum Gasteiger partial charge on any atom is -0.454 e. The van der Waals surface area contributed by atoms with Crippen LogP contribution in [-0.2, 0) is 32.1 Å². The van der Waals surface area contributed by atoms with Gasteiger partial charge in [-0.25, -0.2) is 4.79 Å². The van der Waals surface area contributed by atoms with Crippen LogP contribution in [0.1, 0.15) is 11.1 Å². The Hall–Kier alpha value is -3.53. The van der Waals surface area contributed by atoms with Crippen LogP contribution in [0.5, 0.6) is 0 Å². The van der Waals surface area contributed by atoms with Gasteiger partial charge in [0.1, 0.15) is 12.0 Å². The van der Waals surface area contributed by atoms with Crippen molar-refractivity contribution in [2.75, 3.05) is 0 Å². The van der Waals surface area contributed by atoms with E-state index >= 15 is 0 Å². The lowest BCUT2D eigenvalue weighted by Crippen LogP contribution is -2.64. The number of aliphatic imine (C=N–C) groups is 1. The third-order valence-electron chi connectivity index (χ3n) is 4.66. The minimum atomic E-state index is -1.16. The number of carbonyl (C=O) groups excluding carboxylic acids is 3. The molecular formula is C20H15N3O6S. The van der Waals surface area contributed by atoms with Crippen LogP contribution >= 0.6 is 11.8 Å². The molecule has 0 bridgehead atoms. The maximum Gasteiger partial charge on any atom is 0.397 e. The van der Waals surface area contributed by atoms with E-state index in [0.29, 0.717) is 12.0 Å². The highest BCUT2D eigenvalue weighted by molar-refractivity contribution is 8.14. The fourth-order valence-corrected chi connectivity index (χ4v) is 4.42. The zero-order valence-corrected chi connectivity index (χ0v) is 16.3. The van der Waals surface area contributed by atoms with Crippen LogP contribution in [0.25, 0.3) is 0 Å². The molecule has 0 saturated carbocycles. The van der Waals surface area contributed by atoms with E-state index in [2.05, 4.69) is 4.99 Å². The van der Waals surface area contributed by atoms with Crippen LogP contribution in [0, 0.1) is 10.1 Å². The fraction of sp³-hybridized carbons (Fsp3) is 0.200. The van der Waals surface area contributed by atoms with E-state index in [-0.39, 0.29) is 12.3 Å². The van der Waals surface area contributed by atoms with Gasteiger partial charge in [-0.1, -0.05) is 42.1 Å². The standard InChI is InChI=1S/C20H15N3O6S/c24-17-16-19(30-15(21-16)10-12-4-2-1-3-5-12)22(17)18(25)20(26)29-11-13-6-8-14(9-7-13)23(27)28/h1-9,16,19H,10-11H2. The SMILES string of the molecule is O=C(OCc1ccc([N+](=O)[O-])cc1)C(=O)N1C(=O)C2N=C(Cc3ccccc3)SC21. The lowest BCUT2D eigenvalue weighted by Gasteiger charge is -2.38. The van der Waals surface area contributed by atoms with Gasteiger partial charge >= 0.3 is 11.9 Å². The van der Waals surface area contributed by atoms with Gasteiger partial charge in [-0.15, -0.1) is 0 Å². The van der Waals surface area contributed by atoms with Crippen LogP contribution in [0.2, 0.25) is 0 Å². The number of imide groups is 1. The van der Waals surface area contributed by atoms with Crippen molar-refractivity contribution in [3.05, 3.63) is 75.8 Å². The molecule has 0 N–H and O–H groups in total. The molecule has 0 radical (unpaired) electrons. The van der Waals surface area contributed by atoms with Crippen molar-refractivity contribution in [2.45, 2.75) is 24.4 Å². The van der Waals surface area contributed by atoms with Gasteiger partial charge in [0.2, 0.25) is 0 Å². The first-order valence-electron chi connectivity index (χ1n) is 8.99. The van der Waals surface area contributed by atoms with Gasteiger partial charge in [0, 0.05) is 18.6 Å². The fourth-order valence-electron chi connectivity index (χ4n) is 3.11. The number of esters is 1. The molecule has 2 aliphatic heterocycles. The number of hydrogen-bond acceptors (Lipinski definition) is 8. The van der Waals surface area contributed by atoms with E-state index in [1.165, 1.54) is 36.0 Å². The normalized spacial score (nSPS) is 19.5. The molecule has 4 rings (SSSR count). The number of nitro groups is 1. The second-order valence-corrected chi connectivity index (χ2v) is 7.84. The maximum absolute atomic E-state index is 12.4. The topological polar surface area (TPSA) is 119 Å². The quantitative estimate of drug-likeness (QED) is 0.237. The Balaban J connectivity index is 1.32. The van der Waals surface area contributed by atoms with Crippen molar-refractivity contribution in [1.29, 1.82) is 0 Å². The lowest BCUT2D eigenvalue weighted by molar-refractivity contribution is -0.384. The highest BCUT2D eigenvalue weighted by Gasteiger charge is 2.56. The third kappa shape index (κ3) is 3.81. The predicted molar refractivity (Wildman–Crippen MR) is 107 cm³/mol. The zero-order chi connectivity index (χ0) is 21.3. The summed E-state index contributed by atoms with van der Waals surface area (Å²) in [7, 11) is 0. The van der Waals surface area contributed by atoms with E-state index in [1.807, 2.05) is 30.3 Å². The number of amides is 2. The predicted octanol–water partition coefficient (Wildman–Crippen LogP) is 2.09. The molecule has 2 aromatic rings. The molecule has 1 fully saturated rings. The molecule has 10 heteroatoms. The second-order valence-electron chi connectivity index (χ2n) is 6.65. The van der Waals surface area contributed by atoms with Crippen LogP contribution < -0.4 is 0 Å². The number of non-ortho nitro benzene ring substituents is 1. The Morgan fingerprint density at radius 3 is 2.47 bits per heavy atom. The van der Waals surface area contributed by atoms with E-state index in [9.17, 15) is 24.5 Å². The summed E-state index contributed by atoms with van der Waals surface area (Å²) in [5.41, 5.74) is 1.43. The number of rotatable bonds is 5. The molecule has 2 amide bonds. The Bertz CT molecular complexity index is 1050. The molecule has 2 unspecified atom stereocenters. The van der Waals surface area contributed by atoms with Gasteiger partial charge in [0.25, 0.3) is 11.6 Å². The highest BCUT2D eigenvalue weighted by Crippen LogP contribution is 2.40. The minimum absolute atomic E-state index is 0.0945. The molecule has 30 heavy (non-hydrogen) atoms. The van der Waals surface area contributed by atoms with E-state index in [4.69, 9.17) is 4.74 Å². The van der Waals surface area contributed by atoms with Crippen molar-refractivity contribution in [2.24, 2.45) is 4.99 Å². The second kappa shape index (κ2) is 8.07. The van der Waals surface area contributed by atoms with Crippen molar-refractivity contribution >= 4 is 40.3 Å². The first-order chi connectivity index (χ1) is 14.4.